The molecule has 3 heteroatoms. The molecule has 0 spiro atoms. The maximum atomic E-state index is 11.2. The molecule has 1 aliphatic rings. The van der Waals surface area contributed by atoms with E-state index in [1.165, 1.54) is 12.0 Å². The normalized spacial score (nSPS) is 23.1. The number of aliphatic hydroxyl groups excluding tert-OH is 1. The Morgan fingerprint density at radius 1 is 1.73 bits per heavy atom. The Kier molecular flexibility index (Phi) is 4.82. The summed E-state index contributed by atoms with van der Waals surface area (Å²) in [5.74, 6) is -0.0148. The molecule has 0 radical (unpaired) electrons. The standard InChI is InChI=1S/C12H20O3/c1-3-15-12(14)11(13)8-10-7-5-4-6-9(10)2/h7,9,11,13H,3-6,8H2,1-2H3. The van der Waals surface area contributed by atoms with Crippen molar-refractivity contribution in [2.75, 3.05) is 6.61 Å². The summed E-state index contributed by atoms with van der Waals surface area (Å²) in [6.45, 7) is 4.21. The Labute approximate surface area is 91.1 Å². The Bertz CT molecular complexity index is 245. The van der Waals surface area contributed by atoms with Crippen molar-refractivity contribution in [2.24, 2.45) is 5.92 Å². The van der Waals surface area contributed by atoms with Crippen LogP contribution in [0.4, 0.5) is 0 Å². The zero-order chi connectivity index (χ0) is 11.3. The van der Waals surface area contributed by atoms with Gasteiger partial charge in [-0.25, -0.2) is 4.79 Å². The first-order valence-electron chi connectivity index (χ1n) is 5.68. The van der Waals surface area contributed by atoms with Gasteiger partial charge in [-0.1, -0.05) is 18.6 Å². The maximum Gasteiger partial charge on any atom is 0.335 e. The molecule has 0 aromatic heterocycles. The first-order chi connectivity index (χ1) is 7.15. The van der Waals surface area contributed by atoms with Gasteiger partial charge in [0.05, 0.1) is 6.61 Å². The fraction of sp³-hybridized carbons (Fsp3) is 0.750. The molecule has 0 saturated carbocycles. The predicted molar refractivity (Wildman–Crippen MR) is 58.4 cm³/mol. The molecule has 0 bridgehead atoms. The van der Waals surface area contributed by atoms with Crippen molar-refractivity contribution in [3.05, 3.63) is 11.6 Å². The summed E-state index contributed by atoms with van der Waals surface area (Å²) in [5.41, 5.74) is 1.20. The van der Waals surface area contributed by atoms with E-state index in [-0.39, 0.29) is 0 Å². The first kappa shape index (κ1) is 12.2. The maximum absolute atomic E-state index is 11.2. The number of esters is 1. The molecule has 2 atom stereocenters. The molecule has 0 saturated heterocycles. The van der Waals surface area contributed by atoms with E-state index in [0.717, 1.165) is 12.8 Å². The summed E-state index contributed by atoms with van der Waals surface area (Å²) in [6.07, 6.45) is 5.02. The van der Waals surface area contributed by atoms with Crippen LogP contribution < -0.4 is 0 Å². The van der Waals surface area contributed by atoms with Gasteiger partial charge in [-0.05, 0) is 32.1 Å². The molecule has 0 aliphatic heterocycles. The van der Waals surface area contributed by atoms with Gasteiger partial charge in [0, 0.05) is 6.42 Å². The number of hydrogen-bond acceptors (Lipinski definition) is 3. The second kappa shape index (κ2) is 5.91. The first-order valence-corrected chi connectivity index (χ1v) is 5.68. The highest BCUT2D eigenvalue weighted by Gasteiger charge is 2.21. The number of carbonyl (C=O) groups is 1. The van der Waals surface area contributed by atoms with Gasteiger partial charge in [-0.3, -0.25) is 0 Å². The van der Waals surface area contributed by atoms with Crippen molar-refractivity contribution in [3.8, 4) is 0 Å². The number of aliphatic hydroxyl groups is 1. The van der Waals surface area contributed by atoms with E-state index in [2.05, 4.69) is 13.0 Å². The summed E-state index contributed by atoms with van der Waals surface area (Å²) < 4.78 is 4.76. The average molecular weight is 212 g/mol. The van der Waals surface area contributed by atoms with Gasteiger partial charge in [-0.15, -0.1) is 0 Å². The second-order valence-electron chi connectivity index (χ2n) is 4.08. The van der Waals surface area contributed by atoms with Gasteiger partial charge in [0.25, 0.3) is 0 Å². The molecule has 0 aromatic carbocycles. The van der Waals surface area contributed by atoms with Gasteiger partial charge >= 0.3 is 5.97 Å². The van der Waals surface area contributed by atoms with Crippen molar-refractivity contribution in [1.82, 2.24) is 0 Å². The van der Waals surface area contributed by atoms with Crippen LogP contribution in [-0.4, -0.2) is 23.8 Å². The molecular weight excluding hydrogens is 192 g/mol. The molecule has 86 valence electrons. The van der Waals surface area contributed by atoms with E-state index < -0.39 is 12.1 Å². The lowest BCUT2D eigenvalue weighted by Gasteiger charge is -2.22. The number of carbonyl (C=O) groups excluding carboxylic acids is 1. The number of hydrogen-bond donors (Lipinski definition) is 1. The Balaban J connectivity index is 2.46. The van der Waals surface area contributed by atoms with Crippen LogP contribution in [0.15, 0.2) is 11.6 Å². The van der Waals surface area contributed by atoms with Crippen molar-refractivity contribution in [1.29, 1.82) is 0 Å². The Hall–Kier alpha value is -0.830. The lowest BCUT2D eigenvalue weighted by molar-refractivity contribution is -0.152. The minimum absolute atomic E-state index is 0.324. The highest BCUT2D eigenvalue weighted by Crippen LogP contribution is 2.27. The van der Waals surface area contributed by atoms with E-state index in [1.807, 2.05) is 0 Å². The fourth-order valence-corrected chi connectivity index (χ4v) is 1.93. The highest BCUT2D eigenvalue weighted by molar-refractivity contribution is 5.74. The molecule has 3 nitrogen and oxygen atoms in total. The van der Waals surface area contributed by atoms with E-state index in [9.17, 15) is 9.90 Å². The zero-order valence-corrected chi connectivity index (χ0v) is 9.53. The van der Waals surface area contributed by atoms with E-state index in [0.29, 0.717) is 18.9 Å². The SMILES string of the molecule is CCOC(=O)C(O)CC1=CCCCC1C. The third-order valence-corrected chi connectivity index (χ3v) is 2.87. The van der Waals surface area contributed by atoms with Crippen molar-refractivity contribution < 1.29 is 14.6 Å². The second-order valence-corrected chi connectivity index (χ2v) is 4.08. The minimum atomic E-state index is -0.989. The highest BCUT2D eigenvalue weighted by atomic mass is 16.5. The summed E-state index contributed by atoms with van der Waals surface area (Å²) in [6, 6.07) is 0. The van der Waals surface area contributed by atoms with Crippen LogP contribution in [0.1, 0.15) is 39.5 Å². The number of ether oxygens (including phenoxy) is 1. The molecular formula is C12H20O3. The van der Waals surface area contributed by atoms with Crippen LogP contribution in [0.3, 0.4) is 0 Å². The molecule has 15 heavy (non-hydrogen) atoms. The number of rotatable bonds is 4. The lowest BCUT2D eigenvalue weighted by Crippen LogP contribution is -2.25. The van der Waals surface area contributed by atoms with E-state index >= 15 is 0 Å². The van der Waals surface area contributed by atoms with Crippen LogP contribution in [0, 0.1) is 5.92 Å². The van der Waals surface area contributed by atoms with Crippen molar-refractivity contribution in [2.45, 2.75) is 45.6 Å². The monoisotopic (exact) mass is 212 g/mol. The third-order valence-electron chi connectivity index (χ3n) is 2.87. The largest absolute Gasteiger partial charge is 0.464 e. The molecule has 2 unspecified atom stereocenters. The van der Waals surface area contributed by atoms with Gasteiger partial charge in [0.2, 0.25) is 0 Å². The molecule has 1 N–H and O–H groups in total. The van der Waals surface area contributed by atoms with Crippen molar-refractivity contribution >= 4 is 5.97 Å². The van der Waals surface area contributed by atoms with E-state index in [4.69, 9.17) is 4.74 Å². The Morgan fingerprint density at radius 3 is 3.07 bits per heavy atom. The van der Waals surface area contributed by atoms with Crippen LogP contribution in [0.2, 0.25) is 0 Å². The molecule has 0 fully saturated rings. The third kappa shape index (κ3) is 3.67. The van der Waals surface area contributed by atoms with Crippen LogP contribution >= 0.6 is 0 Å². The summed E-state index contributed by atoms with van der Waals surface area (Å²) in [5, 5.41) is 9.60. The van der Waals surface area contributed by atoms with Crippen LogP contribution in [0.5, 0.6) is 0 Å². The molecule has 0 amide bonds. The van der Waals surface area contributed by atoms with Crippen LogP contribution in [0.25, 0.3) is 0 Å². The summed E-state index contributed by atoms with van der Waals surface area (Å²) in [4.78, 5) is 11.2. The molecule has 0 aromatic rings. The van der Waals surface area contributed by atoms with Gasteiger partial charge in [-0.2, -0.15) is 0 Å². The van der Waals surface area contributed by atoms with Gasteiger partial charge < -0.3 is 9.84 Å². The van der Waals surface area contributed by atoms with Crippen molar-refractivity contribution in [3.63, 3.8) is 0 Å². The average Bonchev–Trinajstić information content (AvgIpc) is 2.21. The summed E-state index contributed by atoms with van der Waals surface area (Å²) in [7, 11) is 0. The number of allylic oxidation sites excluding steroid dienone is 1. The molecule has 0 heterocycles. The molecule has 1 rings (SSSR count). The molecule has 1 aliphatic carbocycles. The summed E-state index contributed by atoms with van der Waals surface area (Å²) >= 11 is 0. The quantitative estimate of drug-likeness (QED) is 0.573. The fourth-order valence-electron chi connectivity index (χ4n) is 1.93. The predicted octanol–water partition coefficient (Wildman–Crippen LogP) is 2.05. The topological polar surface area (TPSA) is 46.5 Å². The van der Waals surface area contributed by atoms with E-state index in [1.54, 1.807) is 6.92 Å². The lowest BCUT2D eigenvalue weighted by atomic mass is 9.86. The van der Waals surface area contributed by atoms with Crippen LogP contribution in [-0.2, 0) is 9.53 Å². The zero-order valence-electron chi connectivity index (χ0n) is 9.53. The minimum Gasteiger partial charge on any atom is -0.464 e. The van der Waals surface area contributed by atoms with Gasteiger partial charge in [0.1, 0.15) is 0 Å². The van der Waals surface area contributed by atoms with Gasteiger partial charge in [0.15, 0.2) is 6.10 Å². The Morgan fingerprint density at radius 2 is 2.47 bits per heavy atom. The smallest absolute Gasteiger partial charge is 0.335 e.